The molecule has 0 bridgehead atoms. The van der Waals surface area contributed by atoms with Crippen molar-refractivity contribution in [3.8, 4) is 0 Å². The van der Waals surface area contributed by atoms with E-state index in [-0.39, 0.29) is 17.7 Å². The lowest BCUT2D eigenvalue weighted by Gasteiger charge is -2.43. The normalized spacial score (nSPS) is 27.8. The van der Waals surface area contributed by atoms with Crippen molar-refractivity contribution in [2.24, 2.45) is 0 Å². The van der Waals surface area contributed by atoms with Gasteiger partial charge in [0.2, 0.25) is 0 Å². The van der Waals surface area contributed by atoms with Crippen molar-refractivity contribution >= 4 is 6.03 Å². The highest BCUT2D eigenvalue weighted by atomic mass is 16.5. The van der Waals surface area contributed by atoms with E-state index in [0.717, 1.165) is 39.0 Å². The van der Waals surface area contributed by atoms with Gasteiger partial charge in [-0.25, -0.2) is 4.79 Å². The van der Waals surface area contributed by atoms with Crippen molar-refractivity contribution in [2.45, 2.75) is 82.3 Å². The third kappa shape index (κ3) is 5.35. The average Bonchev–Trinajstić information content (AvgIpc) is 2.60. The van der Waals surface area contributed by atoms with Crippen molar-refractivity contribution in [2.75, 3.05) is 32.8 Å². The Morgan fingerprint density at radius 1 is 1.08 bits per heavy atom. The van der Waals surface area contributed by atoms with Crippen LogP contribution in [0.3, 0.4) is 0 Å². The highest BCUT2D eigenvalue weighted by Crippen LogP contribution is 2.38. The third-order valence-corrected chi connectivity index (χ3v) is 5.98. The van der Waals surface area contributed by atoms with Crippen molar-refractivity contribution < 1.29 is 9.53 Å². The van der Waals surface area contributed by atoms with Crippen LogP contribution in [0.5, 0.6) is 0 Å². The summed E-state index contributed by atoms with van der Waals surface area (Å²) in [7, 11) is 0. The van der Waals surface area contributed by atoms with Gasteiger partial charge in [0, 0.05) is 19.2 Å². The van der Waals surface area contributed by atoms with Gasteiger partial charge in [-0.2, -0.15) is 0 Å². The van der Waals surface area contributed by atoms with Gasteiger partial charge in [-0.3, -0.25) is 0 Å². The van der Waals surface area contributed by atoms with Crippen molar-refractivity contribution in [3.63, 3.8) is 0 Å². The van der Waals surface area contributed by atoms with Gasteiger partial charge >= 0.3 is 6.03 Å². The van der Waals surface area contributed by atoms with E-state index in [1.807, 2.05) is 0 Å². The summed E-state index contributed by atoms with van der Waals surface area (Å²) in [6, 6.07) is 0.283. The molecular weight excluding hydrogens is 302 g/mol. The van der Waals surface area contributed by atoms with Crippen LogP contribution in [0.4, 0.5) is 4.79 Å². The van der Waals surface area contributed by atoms with Gasteiger partial charge < -0.3 is 20.3 Å². The molecule has 3 rings (SSSR count). The summed E-state index contributed by atoms with van der Waals surface area (Å²) >= 11 is 0. The predicted molar refractivity (Wildman–Crippen MR) is 96.2 cm³/mol. The number of carbonyl (C=O) groups is 1. The van der Waals surface area contributed by atoms with Crippen LogP contribution in [0.2, 0.25) is 0 Å². The van der Waals surface area contributed by atoms with Gasteiger partial charge in [0.1, 0.15) is 0 Å². The number of hydrogen-bond donors (Lipinski definition) is 2. The lowest BCUT2D eigenvalue weighted by molar-refractivity contribution is -0.107. The lowest BCUT2D eigenvalue weighted by atomic mass is 9.78. The van der Waals surface area contributed by atoms with Gasteiger partial charge in [-0.05, 0) is 64.6 Å². The fourth-order valence-electron chi connectivity index (χ4n) is 4.62. The first-order valence-corrected chi connectivity index (χ1v) is 10.2. The summed E-state index contributed by atoms with van der Waals surface area (Å²) in [6.45, 7) is 5.14. The maximum Gasteiger partial charge on any atom is 0.315 e. The number of nitrogens with zero attached hydrogens (tertiary/aromatic N) is 1. The summed E-state index contributed by atoms with van der Waals surface area (Å²) in [5.41, 5.74) is 0.0582. The molecule has 2 N–H and O–H groups in total. The Morgan fingerprint density at radius 2 is 1.83 bits per heavy atom. The summed E-state index contributed by atoms with van der Waals surface area (Å²) < 4.78 is 6.11. The summed E-state index contributed by atoms with van der Waals surface area (Å²) in [4.78, 5) is 14.7. The molecule has 5 heteroatoms. The second-order valence-electron chi connectivity index (χ2n) is 7.94. The number of nitrogens with one attached hydrogen (secondary N) is 2. The Labute approximate surface area is 146 Å². The Hall–Kier alpha value is -0.810. The second-order valence-corrected chi connectivity index (χ2v) is 7.94. The van der Waals surface area contributed by atoms with Crippen LogP contribution in [-0.2, 0) is 4.74 Å². The van der Waals surface area contributed by atoms with Crippen LogP contribution in [0, 0.1) is 0 Å². The average molecular weight is 338 g/mol. The Balaban J connectivity index is 1.31. The number of rotatable bonds is 5. The molecule has 2 saturated heterocycles. The molecule has 24 heavy (non-hydrogen) atoms. The summed E-state index contributed by atoms with van der Waals surface area (Å²) in [5, 5.41) is 6.23. The van der Waals surface area contributed by atoms with Gasteiger partial charge in [0.05, 0.1) is 5.60 Å². The zero-order valence-corrected chi connectivity index (χ0v) is 15.2. The molecule has 138 valence electrons. The molecule has 5 nitrogen and oxygen atoms in total. The SMILES string of the molecule is O=C(NCCCN1CCCCC1)N[C@H]1CCOC2(CCCCC2)C1. The zero-order valence-electron chi connectivity index (χ0n) is 15.2. The summed E-state index contributed by atoms with van der Waals surface area (Å²) in [5.74, 6) is 0. The minimum atomic E-state index is 0.00602. The smallest absolute Gasteiger partial charge is 0.315 e. The maximum atomic E-state index is 12.2. The quantitative estimate of drug-likeness (QED) is 0.758. The highest BCUT2D eigenvalue weighted by molar-refractivity contribution is 5.74. The van der Waals surface area contributed by atoms with E-state index in [1.54, 1.807) is 0 Å². The van der Waals surface area contributed by atoms with Gasteiger partial charge in [0.25, 0.3) is 0 Å². The molecule has 1 aliphatic carbocycles. The molecule has 1 atom stereocenters. The molecule has 0 unspecified atom stereocenters. The van der Waals surface area contributed by atoms with E-state index in [0.29, 0.717) is 0 Å². The minimum Gasteiger partial charge on any atom is -0.375 e. The molecule has 0 radical (unpaired) electrons. The lowest BCUT2D eigenvalue weighted by Crippen LogP contribution is -2.51. The summed E-state index contributed by atoms with van der Waals surface area (Å²) in [6.07, 6.45) is 13.3. The molecule has 2 aliphatic heterocycles. The Morgan fingerprint density at radius 3 is 2.62 bits per heavy atom. The van der Waals surface area contributed by atoms with Gasteiger partial charge in [0.15, 0.2) is 0 Å². The Bertz CT molecular complexity index is 385. The molecule has 0 aromatic carbocycles. The van der Waals surface area contributed by atoms with E-state index in [2.05, 4.69) is 15.5 Å². The van der Waals surface area contributed by atoms with E-state index in [4.69, 9.17) is 4.74 Å². The predicted octanol–water partition coefficient (Wildman–Crippen LogP) is 3.04. The molecule has 1 saturated carbocycles. The fraction of sp³-hybridized carbons (Fsp3) is 0.947. The van der Waals surface area contributed by atoms with Crippen LogP contribution >= 0.6 is 0 Å². The second kappa shape index (κ2) is 9.04. The highest BCUT2D eigenvalue weighted by Gasteiger charge is 2.38. The first kappa shape index (κ1) is 18.0. The number of ether oxygens (including phenoxy) is 1. The topological polar surface area (TPSA) is 53.6 Å². The first-order chi connectivity index (χ1) is 11.8. The molecular formula is C19H35N3O2. The fourth-order valence-corrected chi connectivity index (χ4v) is 4.62. The number of urea groups is 1. The molecule has 1 spiro atoms. The molecule has 3 aliphatic rings. The monoisotopic (exact) mass is 337 g/mol. The van der Waals surface area contributed by atoms with Gasteiger partial charge in [-0.15, -0.1) is 0 Å². The van der Waals surface area contributed by atoms with E-state index in [1.165, 1.54) is 64.5 Å². The zero-order chi connectivity index (χ0) is 16.7. The van der Waals surface area contributed by atoms with Crippen molar-refractivity contribution in [3.05, 3.63) is 0 Å². The minimum absolute atomic E-state index is 0.00602. The van der Waals surface area contributed by atoms with Crippen LogP contribution in [0.25, 0.3) is 0 Å². The van der Waals surface area contributed by atoms with E-state index in [9.17, 15) is 4.79 Å². The van der Waals surface area contributed by atoms with Crippen LogP contribution in [0.15, 0.2) is 0 Å². The number of piperidine rings is 1. The largest absolute Gasteiger partial charge is 0.375 e. The number of amides is 2. The molecule has 3 fully saturated rings. The third-order valence-electron chi connectivity index (χ3n) is 5.98. The van der Waals surface area contributed by atoms with E-state index < -0.39 is 0 Å². The molecule has 0 aromatic rings. The first-order valence-electron chi connectivity index (χ1n) is 10.2. The standard InChI is InChI=1S/C19H35N3O2/c23-18(20-11-7-14-22-12-5-2-6-13-22)21-17-8-15-24-19(16-17)9-3-1-4-10-19/h17H,1-16H2,(H2,20,21,23)/t17-/m0/s1. The van der Waals surface area contributed by atoms with Gasteiger partial charge in [-0.1, -0.05) is 25.7 Å². The number of likely N-dealkylation sites (tertiary alicyclic amines) is 1. The van der Waals surface area contributed by atoms with E-state index >= 15 is 0 Å². The van der Waals surface area contributed by atoms with Crippen molar-refractivity contribution in [1.82, 2.24) is 15.5 Å². The molecule has 0 aromatic heterocycles. The van der Waals surface area contributed by atoms with Crippen LogP contribution in [-0.4, -0.2) is 55.4 Å². The maximum absolute atomic E-state index is 12.2. The number of hydrogen-bond acceptors (Lipinski definition) is 3. The Kier molecular flexibility index (Phi) is 6.78. The molecule has 2 heterocycles. The van der Waals surface area contributed by atoms with Crippen molar-refractivity contribution in [1.29, 1.82) is 0 Å². The van der Waals surface area contributed by atoms with Crippen LogP contribution in [0.1, 0.15) is 70.6 Å². The molecule has 2 amide bonds. The number of carbonyl (C=O) groups excluding carboxylic acids is 1. The van der Waals surface area contributed by atoms with Crippen LogP contribution < -0.4 is 10.6 Å².